The number of ether oxygens (including phenoxy) is 1. The number of nitrogens with zero attached hydrogens (tertiary/aromatic N) is 2. The van der Waals surface area contributed by atoms with Crippen LogP contribution >= 0.6 is 0 Å². The van der Waals surface area contributed by atoms with E-state index in [2.05, 4.69) is 19.2 Å². The van der Waals surface area contributed by atoms with Gasteiger partial charge in [0.2, 0.25) is 0 Å². The third-order valence-electron chi connectivity index (χ3n) is 7.15. The van der Waals surface area contributed by atoms with E-state index >= 15 is 0 Å². The minimum absolute atomic E-state index is 0.104. The molecule has 1 saturated carbocycles. The highest BCUT2D eigenvalue weighted by Gasteiger charge is 2.36. The fourth-order valence-corrected chi connectivity index (χ4v) is 5.39. The summed E-state index contributed by atoms with van der Waals surface area (Å²) in [6.45, 7) is 6.49. The molecule has 0 atom stereocenters. The Morgan fingerprint density at radius 1 is 1.19 bits per heavy atom. The Hall–Kier alpha value is -3.20. The lowest BCUT2D eigenvalue weighted by Crippen LogP contribution is -2.32. The molecule has 1 fully saturated rings. The van der Waals surface area contributed by atoms with Crippen molar-refractivity contribution in [1.82, 2.24) is 9.78 Å². The second kappa shape index (κ2) is 10.4. The summed E-state index contributed by atoms with van der Waals surface area (Å²) in [7, 11) is 0. The monoisotopic (exact) mass is 495 g/mol. The van der Waals surface area contributed by atoms with Gasteiger partial charge in [-0.15, -0.1) is 0 Å². The van der Waals surface area contributed by atoms with Crippen LogP contribution in [-0.2, 0) is 22.4 Å². The second-order valence-electron chi connectivity index (χ2n) is 10.7. The molecule has 194 valence electrons. The number of fused-ring (bicyclic) bond motifs is 1. The zero-order chi connectivity index (χ0) is 26.0. The van der Waals surface area contributed by atoms with E-state index in [1.807, 2.05) is 23.7 Å². The molecule has 0 aliphatic heterocycles. The van der Waals surface area contributed by atoms with Gasteiger partial charge in [-0.05, 0) is 62.1 Å². The van der Waals surface area contributed by atoms with Gasteiger partial charge in [-0.2, -0.15) is 5.10 Å². The lowest BCUT2D eigenvalue weighted by Gasteiger charge is -2.30. The number of hydrogen-bond donors (Lipinski definition) is 3. The highest BCUT2D eigenvalue weighted by atomic mass is 16.5. The summed E-state index contributed by atoms with van der Waals surface area (Å²) >= 11 is 0. The molecule has 1 aromatic carbocycles. The lowest BCUT2D eigenvalue weighted by atomic mass is 9.75. The normalized spacial score (nSPS) is 21.1. The molecule has 1 heterocycles. The van der Waals surface area contributed by atoms with E-state index in [4.69, 9.17) is 21.3 Å². The number of Topliss-reactive ketones (excluding diaryl/α,β-unsaturated/α-hetero) is 1. The Labute approximate surface area is 211 Å². The molecule has 9 heteroatoms. The molecule has 0 bridgehead atoms. The number of carbonyl (C=O) groups is 3. The molecule has 0 saturated heterocycles. The number of nitrogens with one attached hydrogen (secondary N) is 1. The third-order valence-corrected chi connectivity index (χ3v) is 7.15. The molecule has 4 rings (SSSR count). The van der Waals surface area contributed by atoms with E-state index in [-0.39, 0.29) is 42.3 Å². The van der Waals surface area contributed by atoms with Crippen LogP contribution in [0.1, 0.15) is 91.4 Å². The highest BCUT2D eigenvalue weighted by Crippen LogP contribution is 2.38. The summed E-state index contributed by atoms with van der Waals surface area (Å²) in [6, 6.07) is 5.56. The molecule has 2 aromatic rings. The molecule has 2 aliphatic carbocycles. The first-order valence-corrected chi connectivity index (χ1v) is 12.9. The number of ketones is 1. The summed E-state index contributed by atoms with van der Waals surface area (Å²) in [4.78, 5) is 36.9. The molecular weight excluding hydrogens is 458 g/mol. The predicted molar refractivity (Wildman–Crippen MR) is 137 cm³/mol. The maximum absolute atomic E-state index is 13.0. The number of anilines is 1. The number of aromatic nitrogens is 2. The summed E-state index contributed by atoms with van der Waals surface area (Å²) in [6.07, 6.45) is 5.12. The van der Waals surface area contributed by atoms with Crippen molar-refractivity contribution in [3.8, 4) is 5.69 Å². The van der Waals surface area contributed by atoms with Gasteiger partial charge >= 0.3 is 5.97 Å². The van der Waals surface area contributed by atoms with E-state index in [1.165, 1.54) is 0 Å². The van der Waals surface area contributed by atoms with Crippen LogP contribution in [0.2, 0.25) is 0 Å². The van der Waals surface area contributed by atoms with Crippen molar-refractivity contribution in [3.63, 3.8) is 0 Å². The number of esters is 1. The largest absolute Gasteiger partial charge is 0.462 e. The van der Waals surface area contributed by atoms with Gasteiger partial charge in [-0.3, -0.25) is 14.4 Å². The van der Waals surface area contributed by atoms with Gasteiger partial charge in [0.15, 0.2) is 5.78 Å². The first kappa shape index (κ1) is 25.9. The molecule has 0 unspecified atom stereocenters. The topological polar surface area (TPSA) is 142 Å². The van der Waals surface area contributed by atoms with Crippen LogP contribution in [0.4, 0.5) is 5.69 Å². The molecular formula is C27H37N5O4. The smallest absolute Gasteiger partial charge is 0.307 e. The zero-order valence-corrected chi connectivity index (χ0v) is 21.4. The van der Waals surface area contributed by atoms with Gasteiger partial charge in [0, 0.05) is 24.7 Å². The SMILES string of the molecule is CCc1nn(-c2ccc(C(N)=O)c(NC3CCC(OC(=O)CCN)CC3)c2)c2c1C(=O)CC(C)(C)C2. The second-order valence-corrected chi connectivity index (χ2v) is 10.7. The van der Waals surface area contributed by atoms with Crippen molar-refractivity contribution >= 4 is 23.3 Å². The number of nitrogens with two attached hydrogens (primary N) is 2. The fraction of sp³-hybridized carbons (Fsp3) is 0.556. The van der Waals surface area contributed by atoms with Crippen LogP contribution in [-0.4, -0.2) is 46.1 Å². The average Bonchev–Trinajstić information content (AvgIpc) is 3.18. The predicted octanol–water partition coefficient (Wildman–Crippen LogP) is 3.30. The number of hydrogen-bond acceptors (Lipinski definition) is 7. The Bertz CT molecular complexity index is 1160. The van der Waals surface area contributed by atoms with Gasteiger partial charge in [0.1, 0.15) is 6.10 Å². The van der Waals surface area contributed by atoms with Crippen molar-refractivity contribution in [3.05, 3.63) is 40.7 Å². The summed E-state index contributed by atoms with van der Waals surface area (Å²) in [5.74, 6) is -0.629. The quantitative estimate of drug-likeness (QED) is 0.477. The highest BCUT2D eigenvalue weighted by molar-refractivity contribution is 6.00. The molecule has 1 amide bonds. The molecule has 0 radical (unpaired) electrons. The van der Waals surface area contributed by atoms with Gasteiger partial charge in [0.25, 0.3) is 5.91 Å². The van der Waals surface area contributed by atoms with Gasteiger partial charge in [-0.1, -0.05) is 20.8 Å². The molecule has 9 nitrogen and oxygen atoms in total. The zero-order valence-electron chi connectivity index (χ0n) is 21.4. The van der Waals surface area contributed by atoms with E-state index in [0.29, 0.717) is 24.1 Å². The lowest BCUT2D eigenvalue weighted by molar-refractivity contribution is -0.150. The van der Waals surface area contributed by atoms with Crippen molar-refractivity contribution in [2.75, 3.05) is 11.9 Å². The van der Waals surface area contributed by atoms with Crippen LogP contribution < -0.4 is 16.8 Å². The maximum atomic E-state index is 13.0. The Balaban J connectivity index is 1.59. The number of aryl methyl sites for hydroxylation is 1. The van der Waals surface area contributed by atoms with Crippen molar-refractivity contribution in [2.45, 2.75) is 84.3 Å². The number of primary amides is 1. The number of carbonyl (C=O) groups excluding carboxylic acids is 3. The third kappa shape index (κ3) is 5.46. The minimum Gasteiger partial charge on any atom is -0.462 e. The van der Waals surface area contributed by atoms with E-state index in [9.17, 15) is 14.4 Å². The van der Waals surface area contributed by atoms with Gasteiger partial charge in [0.05, 0.1) is 34.6 Å². The number of amides is 1. The van der Waals surface area contributed by atoms with E-state index in [1.54, 1.807) is 6.07 Å². The summed E-state index contributed by atoms with van der Waals surface area (Å²) in [5, 5.41) is 8.30. The first-order valence-electron chi connectivity index (χ1n) is 12.9. The van der Waals surface area contributed by atoms with Crippen LogP contribution in [0.3, 0.4) is 0 Å². The van der Waals surface area contributed by atoms with Crippen LogP contribution in [0.5, 0.6) is 0 Å². The van der Waals surface area contributed by atoms with Crippen LogP contribution in [0, 0.1) is 5.41 Å². The fourth-order valence-electron chi connectivity index (χ4n) is 5.39. The van der Waals surface area contributed by atoms with Gasteiger partial charge in [-0.25, -0.2) is 4.68 Å². The van der Waals surface area contributed by atoms with Crippen molar-refractivity contribution in [2.24, 2.45) is 16.9 Å². The van der Waals surface area contributed by atoms with E-state index < -0.39 is 5.91 Å². The minimum atomic E-state index is -0.512. The van der Waals surface area contributed by atoms with Crippen molar-refractivity contribution in [1.29, 1.82) is 0 Å². The molecule has 36 heavy (non-hydrogen) atoms. The van der Waals surface area contributed by atoms with Gasteiger partial charge < -0.3 is 21.5 Å². The van der Waals surface area contributed by atoms with E-state index in [0.717, 1.165) is 54.7 Å². The number of rotatable bonds is 8. The number of benzene rings is 1. The Morgan fingerprint density at radius 3 is 2.56 bits per heavy atom. The molecule has 2 aliphatic rings. The van der Waals surface area contributed by atoms with Crippen molar-refractivity contribution < 1.29 is 19.1 Å². The van der Waals surface area contributed by atoms with Crippen LogP contribution in [0.25, 0.3) is 5.69 Å². The first-order chi connectivity index (χ1) is 17.1. The average molecular weight is 496 g/mol. The standard InChI is InChI=1S/C27H37N5O4/c1-4-20-25-22(14-27(2,3)15-23(25)33)32(31-20)17-7-10-19(26(29)35)21(13-17)30-16-5-8-18(9-6-16)36-24(34)11-12-28/h7,10,13,16,18,30H,4-6,8-9,11-12,14-15,28H2,1-3H3,(H2,29,35). The summed E-state index contributed by atoms with van der Waals surface area (Å²) in [5.41, 5.74) is 15.3. The maximum Gasteiger partial charge on any atom is 0.307 e. The van der Waals surface area contributed by atoms with Crippen LogP contribution in [0.15, 0.2) is 18.2 Å². The molecule has 5 N–H and O–H groups in total. The Morgan fingerprint density at radius 2 is 1.92 bits per heavy atom. The Kier molecular flexibility index (Phi) is 7.49. The summed E-state index contributed by atoms with van der Waals surface area (Å²) < 4.78 is 7.36. The molecule has 1 aromatic heterocycles. The molecule has 0 spiro atoms.